The molecule has 1 saturated heterocycles. The van der Waals surface area contributed by atoms with Gasteiger partial charge in [0.15, 0.2) is 0 Å². The Kier molecular flexibility index (Phi) is 5.23. The summed E-state index contributed by atoms with van der Waals surface area (Å²) in [5, 5.41) is 3.53. The average Bonchev–Trinajstić information content (AvgIpc) is 2.45. The van der Waals surface area contributed by atoms with Gasteiger partial charge in [-0.3, -0.25) is 4.79 Å². The number of nitrogens with one attached hydrogen (secondary N) is 1. The molecule has 1 unspecified atom stereocenters. The Hall–Kier alpha value is -1.55. The molecule has 0 aromatic heterocycles. The summed E-state index contributed by atoms with van der Waals surface area (Å²) in [5.74, 6) is 0.342. The summed E-state index contributed by atoms with van der Waals surface area (Å²) in [6.07, 6.45) is 2.51. The number of nitrogens with two attached hydrogens (primary N) is 1. The summed E-state index contributed by atoms with van der Waals surface area (Å²) in [6, 6.07) is 6.49. The van der Waals surface area contributed by atoms with E-state index in [0.29, 0.717) is 17.5 Å². The highest BCUT2D eigenvalue weighted by Gasteiger charge is 2.20. The van der Waals surface area contributed by atoms with Gasteiger partial charge in [-0.15, -0.1) is 0 Å². The van der Waals surface area contributed by atoms with E-state index in [-0.39, 0.29) is 5.91 Å². The van der Waals surface area contributed by atoms with Crippen LogP contribution in [0, 0.1) is 12.8 Å². The molecule has 21 heavy (non-hydrogen) atoms. The molecule has 1 aliphatic heterocycles. The normalized spacial score (nSPS) is 19.0. The van der Waals surface area contributed by atoms with Crippen LogP contribution in [0.3, 0.4) is 0 Å². The second-order valence-corrected chi connectivity index (χ2v) is 6.38. The van der Waals surface area contributed by atoms with Gasteiger partial charge in [-0.1, -0.05) is 13.8 Å². The highest BCUT2D eigenvalue weighted by molar-refractivity contribution is 5.94. The second kappa shape index (κ2) is 6.94. The van der Waals surface area contributed by atoms with Crippen molar-refractivity contribution >= 4 is 11.6 Å². The van der Waals surface area contributed by atoms with Crippen LogP contribution in [-0.4, -0.2) is 31.6 Å². The zero-order chi connectivity index (χ0) is 15.4. The Morgan fingerprint density at radius 3 is 2.86 bits per heavy atom. The van der Waals surface area contributed by atoms with Gasteiger partial charge in [0, 0.05) is 30.4 Å². The minimum Gasteiger partial charge on any atom is -0.371 e. The van der Waals surface area contributed by atoms with Crippen LogP contribution in [0.4, 0.5) is 5.69 Å². The molecule has 0 bridgehead atoms. The highest BCUT2D eigenvalue weighted by atomic mass is 16.1. The lowest BCUT2D eigenvalue weighted by atomic mass is 9.96. The molecule has 1 aromatic rings. The van der Waals surface area contributed by atoms with Gasteiger partial charge in [0.2, 0.25) is 5.91 Å². The number of piperidine rings is 1. The van der Waals surface area contributed by atoms with Crippen LogP contribution < -0.4 is 16.0 Å². The number of benzene rings is 1. The minimum atomic E-state index is -0.350. The molecule has 0 spiro atoms. The molecule has 4 nitrogen and oxygen atoms in total. The molecule has 3 N–H and O–H groups in total. The summed E-state index contributed by atoms with van der Waals surface area (Å²) < 4.78 is 0. The number of amides is 1. The number of primary amides is 1. The van der Waals surface area contributed by atoms with Gasteiger partial charge in [0.25, 0.3) is 0 Å². The molecule has 1 fully saturated rings. The van der Waals surface area contributed by atoms with Gasteiger partial charge in [0.1, 0.15) is 0 Å². The first kappa shape index (κ1) is 15.8. The SMILES string of the molecule is Cc1cc(N2CCCC(CNC(C)C)C2)ccc1C(N)=O. The van der Waals surface area contributed by atoms with Crippen LogP contribution in [0.15, 0.2) is 18.2 Å². The number of hydrogen-bond acceptors (Lipinski definition) is 3. The molecule has 1 aliphatic rings. The average molecular weight is 289 g/mol. The summed E-state index contributed by atoms with van der Waals surface area (Å²) in [6.45, 7) is 9.57. The lowest BCUT2D eigenvalue weighted by Crippen LogP contribution is -2.41. The molecule has 4 heteroatoms. The van der Waals surface area contributed by atoms with E-state index < -0.39 is 0 Å². The van der Waals surface area contributed by atoms with Gasteiger partial charge in [-0.05, 0) is 56.0 Å². The van der Waals surface area contributed by atoms with Crippen molar-refractivity contribution in [2.45, 2.75) is 39.7 Å². The fraction of sp³-hybridized carbons (Fsp3) is 0.588. The Labute approximate surface area is 127 Å². The van der Waals surface area contributed by atoms with Crippen molar-refractivity contribution in [1.82, 2.24) is 5.32 Å². The van der Waals surface area contributed by atoms with E-state index in [1.807, 2.05) is 19.1 Å². The van der Waals surface area contributed by atoms with E-state index in [9.17, 15) is 4.79 Å². The minimum absolute atomic E-state index is 0.350. The Bertz CT molecular complexity index is 499. The fourth-order valence-corrected chi connectivity index (χ4v) is 2.99. The first-order chi connectivity index (χ1) is 9.97. The van der Waals surface area contributed by atoms with Crippen LogP contribution in [0.25, 0.3) is 0 Å². The Morgan fingerprint density at radius 1 is 1.48 bits per heavy atom. The maximum Gasteiger partial charge on any atom is 0.248 e. The van der Waals surface area contributed by atoms with Crippen molar-refractivity contribution < 1.29 is 4.79 Å². The molecule has 0 saturated carbocycles. The van der Waals surface area contributed by atoms with E-state index in [1.165, 1.54) is 18.5 Å². The molecule has 116 valence electrons. The van der Waals surface area contributed by atoms with E-state index in [4.69, 9.17) is 5.73 Å². The van der Waals surface area contributed by atoms with Crippen molar-refractivity contribution in [3.05, 3.63) is 29.3 Å². The molecule has 1 amide bonds. The van der Waals surface area contributed by atoms with Crippen LogP contribution in [0.1, 0.15) is 42.6 Å². The zero-order valence-corrected chi connectivity index (χ0v) is 13.4. The largest absolute Gasteiger partial charge is 0.371 e. The molecular weight excluding hydrogens is 262 g/mol. The lowest BCUT2D eigenvalue weighted by Gasteiger charge is -2.35. The van der Waals surface area contributed by atoms with Crippen molar-refractivity contribution in [2.24, 2.45) is 11.7 Å². The topological polar surface area (TPSA) is 58.4 Å². The smallest absolute Gasteiger partial charge is 0.248 e. The number of nitrogens with zero attached hydrogens (tertiary/aromatic N) is 1. The van der Waals surface area contributed by atoms with Crippen molar-refractivity contribution in [1.29, 1.82) is 0 Å². The lowest BCUT2D eigenvalue weighted by molar-refractivity contribution is 0.0999. The Balaban J connectivity index is 2.04. The van der Waals surface area contributed by atoms with E-state index in [1.54, 1.807) is 0 Å². The molecule has 1 atom stereocenters. The maximum atomic E-state index is 11.3. The third kappa shape index (κ3) is 4.21. The quantitative estimate of drug-likeness (QED) is 0.874. The number of anilines is 1. The van der Waals surface area contributed by atoms with Crippen molar-refractivity contribution in [3.8, 4) is 0 Å². The maximum absolute atomic E-state index is 11.3. The highest BCUT2D eigenvalue weighted by Crippen LogP contribution is 2.25. The Morgan fingerprint density at radius 2 is 2.24 bits per heavy atom. The van der Waals surface area contributed by atoms with E-state index >= 15 is 0 Å². The first-order valence-corrected chi connectivity index (χ1v) is 7.86. The number of hydrogen-bond donors (Lipinski definition) is 2. The monoisotopic (exact) mass is 289 g/mol. The molecule has 1 aromatic carbocycles. The molecule has 1 heterocycles. The predicted octanol–water partition coefficient (Wildman–Crippen LogP) is 2.31. The third-order valence-electron chi connectivity index (χ3n) is 4.17. The third-order valence-corrected chi connectivity index (χ3v) is 4.17. The number of rotatable bonds is 5. The fourth-order valence-electron chi connectivity index (χ4n) is 2.99. The number of carbonyl (C=O) groups excluding carboxylic acids is 1. The summed E-state index contributed by atoms with van der Waals surface area (Å²) in [5.41, 5.74) is 8.15. The van der Waals surface area contributed by atoms with Crippen LogP contribution in [0.5, 0.6) is 0 Å². The molecular formula is C17H27N3O. The number of carbonyl (C=O) groups is 1. The van der Waals surface area contributed by atoms with Crippen LogP contribution in [0.2, 0.25) is 0 Å². The van der Waals surface area contributed by atoms with Gasteiger partial charge < -0.3 is 16.0 Å². The predicted molar refractivity (Wildman–Crippen MR) is 87.8 cm³/mol. The molecule has 0 radical (unpaired) electrons. The van der Waals surface area contributed by atoms with Gasteiger partial charge >= 0.3 is 0 Å². The van der Waals surface area contributed by atoms with E-state index in [2.05, 4.69) is 30.1 Å². The summed E-state index contributed by atoms with van der Waals surface area (Å²) >= 11 is 0. The summed E-state index contributed by atoms with van der Waals surface area (Å²) in [4.78, 5) is 13.7. The van der Waals surface area contributed by atoms with Gasteiger partial charge in [-0.25, -0.2) is 0 Å². The standard InChI is InChI=1S/C17H27N3O/c1-12(2)19-10-14-5-4-8-20(11-14)15-6-7-16(17(18)21)13(3)9-15/h6-7,9,12,14,19H,4-5,8,10-11H2,1-3H3,(H2,18,21). The van der Waals surface area contributed by atoms with Crippen LogP contribution >= 0.6 is 0 Å². The zero-order valence-electron chi connectivity index (χ0n) is 13.4. The molecule has 0 aliphatic carbocycles. The summed E-state index contributed by atoms with van der Waals surface area (Å²) in [7, 11) is 0. The number of aryl methyl sites for hydroxylation is 1. The molecule has 2 rings (SSSR count). The van der Waals surface area contributed by atoms with Crippen molar-refractivity contribution in [2.75, 3.05) is 24.5 Å². The van der Waals surface area contributed by atoms with Crippen LogP contribution in [-0.2, 0) is 0 Å². The first-order valence-electron chi connectivity index (χ1n) is 7.86. The van der Waals surface area contributed by atoms with Crippen molar-refractivity contribution in [3.63, 3.8) is 0 Å². The van der Waals surface area contributed by atoms with Gasteiger partial charge in [0.05, 0.1) is 0 Å². The van der Waals surface area contributed by atoms with Gasteiger partial charge in [-0.2, -0.15) is 0 Å². The van der Waals surface area contributed by atoms with E-state index in [0.717, 1.165) is 25.2 Å². The second-order valence-electron chi connectivity index (χ2n) is 6.38.